The molecule has 0 aliphatic rings. The Kier molecular flexibility index (Phi) is 4.54. The van der Waals surface area contributed by atoms with Crippen LogP contribution in [0.3, 0.4) is 0 Å². The van der Waals surface area contributed by atoms with Crippen molar-refractivity contribution in [3.8, 4) is 0 Å². The van der Waals surface area contributed by atoms with Crippen LogP contribution >= 0.6 is 0 Å². The summed E-state index contributed by atoms with van der Waals surface area (Å²) in [7, 11) is 0. The third-order valence-corrected chi connectivity index (χ3v) is 1.86. The van der Waals surface area contributed by atoms with Gasteiger partial charge in [0.15, 0.2) is 0 Å². The molecule has 0 aliphatic carbocycles. The molecule has 0 spiro atoms. The third kappa shape index (κ3) is 4.89. The molecule has 93 valence electrons. The van der Waals surface area contributed by atoms with Gasteiger partial charge in [0.05, 0.1) is 5.56 Å². The van der Waals surface area contributed by atoms with E-state index >= 15 is 0 Å². The predicted molar refractivity (Wildman–Crippen MR) is 58.5 cm³/mol. The van der Waals surface area contributed by atoms with Crippen LogP contribution in [0.2, 0.25) is 0 Å². The molecule has 0 aliphatic heterocycles. The summed E-state index contributed by atoms with van der Waals surface area (Å²) >= 11 is 0. The van der Waals surface area contributed by atoms with E-state index in [0.717, 1.165) is 12.1 Å². The van der Waals surface area contributed by atoms with Gasteiger partial charge in [0.25, 0.3) is 0 Å². The first kappa shape index (κ1) is 13.5. The average molecular weight is 244 g/mol. The molecule has 2 nitrogen and oxygen atoms in total. The van der Waals surface area contributed by atoms with Crippen LogP contribution in [-0.4, -0.2) is 6.21 Å². The highest BCUT2D eigenvalue weighted by molar-refractivity contribution is 5.58. The molecule has 0 saturated carbocycles. The van der Waals surface area contributed by atoms with Gasteiger partial charge in [-0.3, -0.25) is 0 Å². The van der Waals surface area contributed by atoms with E-state index in [4.69, 9.17) is 4.84 Å². The Morgan fingerprint density at radius 2 is 2.06 bits per heavy atom. The highest BCUT2D eigenvalue weighted by Gasteiger charge is 2.30. The lowest BCUT2D eigenvalue weighted by molar-refractivity contribution is -0.137. The van der Waals surface area contributed by atoms with Crippen molar-refractivity contribution in [1.29, 1.82) is 0 Å². The summed E-state index contributed by atoms with van der Waals surface area (Å²) in [5.74, 6) is 0.122. The lowest BCUT2D eigenvalue weighted by atomic mass is 10.1. The molecule has 0 bridgehead atoms. The second kappa shape index (κ2) is 5.70. The molecule has 17 heavy (non-hydrogen) atoms. The third-order valence-electron chi connectivity index (χ3n) is 1.86. The largest absolute Gasteiger partial charge is 0.416 e. The molecule has 0 heterocycles. The molecule has 1 rings (SSSR count). The Morgan fingerprint density at radius 1 is 1.35 bits per heavy atom. The Balaban J connectivity index is 2.61. The maximum absolute atomic E-state index is 12.4. The first-order valence-corrected chi connectivity index (χ1v) is 5.13. The van der Waals surface area contributed by atoms with Gasteiger partial charge in [0.1, 0.15) is 12.8 Å². The highest BCUT2D eigenvalue weighted by atomic mass is 19.4. The molecule has 0 N–H and O–H groups in total. The molecule has 1 radical (unpaired) electrons. The highest BCUT2D eigenvalue weighted by Crippen LogP contribution is 2.29. The lowest BCUT2D eigenvalue weighted by Crippen LogP contribution is -2.05. The van der Waals surface area contributed by atoms with Crippen molar-refractivity contribution >= 4 is 6.21 Å². The smallest absolute Gasteiger partial charge is 0.391 e. The van der Waals surface area contributed by atoms with Gasteiger partial charge in [0.2, 0.25) is 0 Å². The summed E-state index contributed by atoms with van der Waals surface area (Å²) in [5, 5.41) is 3.53. The van der Waals surface area contributed by atoms with Gasteiger partial charge < -0.3 is 4.84 Å². The summed E-state index contributed by atoms with van der Waals surface area (Å²) in [6.07, 6.45) is -1.69. The molecule has 0 saturated heterocycles. The number of rotatable bonds is 4. The SMILES string of the molecule is CC(C)/[C]=N\OCc1cccc(C(F)(F)F)c1. The number of hydrogen-bond acceptors (Lipinski definition) is 2. The Labute approximate surface area is 98.1 Å². The normalized spacial score (nSPS) is 12.4. The van der Waals surface area contributed by atoms with Crippen LogP contribution in [0.15, 0.2) is 29.4 Å². The Bertz CT molecular complexity index is 386. The van der Waals surface area contributed by atoms with E-state index in [1.54, 1.807) is 6.07 Å². The molecular formula is C12H13F3NO. The number of hydrogen-bond donors (Lipinski definition) is 0. The molecule has 0 fully saturated rings. The standard InChI is InChI=1S/C12H13F3NO/c1-9(2)7-16-17-8-10-4-3-5-11(6-10)12(13,14)15/h3-6,9H,8H2,1-2H3. The van der Waals surface area contributed by atoms with E-state index in [1.165, 1.54) is 6.07 Å². The van der Waals surface area contributed by atoms with Gasteiger partial charge in [-0.15, -0.1) is 0 Å². The molecular weight excluding hydrogens is 231 g/mol. The minimum atomic E-state index is -4.33. The minimum Gasteiger partial charge on any atom is -0.391 e. The predicted octanol–water partition coefficient (Wildman–Crippen LogP) is 3.74. The van der Waals surface area contributed by atoms with E-state index in [2.05, 4.69) is 11.4 Å². The maximum atomic E-state index is 12.4. The minimum absolute atomic E-state index is 0.00361. The summed E-state index contributed by atoms with van der Waals surface area (Å²) in [5.41, 5.74) is -0.260. The van der Waals surface area contributed by atoms with Gasteiger partial charge in [0, 0.05) is 5.92 Å². The molecule has 0 aromatic heterocycles. The maximum Gasteiger partial charge on any atom is 0.416 e. The second-order valence-electron chi connectivity index (χ2n) is 3.85. The van der Waals surface area contributed by atoms with Crippen LogP contribution < -0.4 is 0 Å². The van der Waals surface area contributed by atoms with Crippen LogP contribution in [0.25, 0.3) is 0 Å². The van der Waals surface area contributed by atoms with Crippen molar-refractivity contribution in [3.63, 3.8) is 0 Å². The summed E-state index contributed by atoms with van der Waals surface area (Å²) in [6.45, 7) is 3.75. The first-order valence-electron chi connectivity index (χ1n) is 5.13. The van der Waals surface area contributed by atoms with Gasteiger partial charge in [-0.2, -0.15) is 13.2 Å². The quantitative estimate of drug-likeness (QED) is 0.584. The van der Waals surface area contributed by atoms with Crippen LogP contribution in [-0.2, 0) is 17.6 Å². The van der Waals surface area contributed by atoms with Crippen molar-refractivity contribution < 1.29 is 18.0 Å². The fraction of sp³-hybridized carbons (Fsp3) is 0.417. The monoisotopic (exact) mass is 244 g/mol. The van der Waals surface area contributed by atoms with Crippen molar-refractivity contribution in [2.24, 2.45) is 11.1 Å². The molecule has 1 aromatic rings. The number of halogens is 3. The number of nitrogens with zero attached hydrogens (tertiary/aromatic N) is 1. The van der Waals surface area contributed by atoms with Crippen LogP contribution in [0, 0.1) is 5.92 Å². The summed E-state index contributed by atoms with van der Waals surface area (Å²) in [6, 6.07) is 4.97. The zero-order valence-corrected chi connectivity index (χ0v) is 9.58. The van der Waals surface area contributed by atoms with Gasteiger partial charge in [-0.05, 0) is 17.7 Å². The number of benzene rings is 1. The molecule has 0 atom stereocenters. The fourth-order valence-corrected chi connectivity index (χ4v) is 1.09. The van der Waals surface area contributed by atoms with Crippen LogP contribution in [0.1, 0.15) is 25.0 Å². The van der Waals surface area contributed by atoms with Gasteiger partial charge in [-0.25, -0.2) is 0 Å². The zero-order valence-electron chi connectivity index (χ0n) is 9.58. The molecule has 0 unspecified atom stereocenters. The van der Waals surface area contributed by atoms with Crippen molar-refractivity contribution in [3.05, 3.63) is 35.4 Å². The van der Waals surface area contributed by atoms with Gasteiger partial charge >= 0.3 is 6.18 Å². The van der Waals surface area contributed by atoms with E-state index in [0.29, 0.717) is 5.56 Å². The Hall–Kier alpha value is -1.52. The molecule has 1 aromatic carbocycles. The second-order valence-corrected chi connectivity index (χ2v) is 3.85. The van der Waals surface area contributed by atoms with Crippen LogP contribution in [0.5, 0.6) is 0 Å². The molecule has 0 amide bonds. The van der Waals surface area contributed by atoms with Crippen molar-refractivity contribution in [2.45, 2.75) is 26.6 Å². The molecule has 5 heteroatoms. The van der Waals surface area contributed by atoms with Crippen LogP contribution in [0.4, 0.5) is 13.2 Å². The van der Waals surface area contributed by atoms with E-state index < -0.39 is 11.7 Å². The fourth-order valence-electron chi connectivity index (χ4n) is 1.09. The van der Waals surface area contributed by atoms with E-state index in [-0.39, 0.29) is 12.5 Å². The first-order chi connectivity index (χ1) is 7.89. The van der Waals surface area contributed by atoms with E-state index in [9.17, 15) is 13.2 Å². The zero-order chi connectivity index (χ0) is 12.9. The topological polar surface area (TPSA) is 21.6 Å². The van der Waals surface area contributed by atoms with Crippen molar-refractivity contribution in [1.82, 2.24) is 0 Å². The van der Waals surface area contributed by atoms with E-state index in [1.807, 2.05) is 13.8 Å². The van der Waals surface area contributed by atoms with Gasteiger partial charge in [-0.1, -0.05) is 31.1 Å². The van der Waals surface area contributed by atoms with Crippen molar-refractivity contribution in [2.75, 3.05) is 0 Å². The number of alkyl halides is 3. The Morgan fingerprint density at radius 3 is 2.65 bits per heavy atom. The summed E-state index contributed by atoms with van der Waals surface area (Å²) in [4.78, 5) is 4.84. The average Bonchev–Trinajstić information content (AvgIpc) is 2.23. The lowest BCUT2D eigenvalue weighted by Gasteiger charge is -2.07. The summed E-state index contributed by atoms with van der Waals surface area (Å²) < 4.78 is 37.2.